The molecule has 2 nitrogen and oxygen atoms in total. The van der Waals surface area contributed by atoms with Gasteiger partial charge in [0.1, 0.15) is 0 Å². The lowest BCUT2D eigenvalue weighted by Gasteiger charge is -2.29. The van der Waals surface area contributed by atoms with Gasteiger partial charge in [0, 0.05) is 12.2 Å². The first kappa shape index (κ1) is 12.8. The van der Waals surface area contributed by atoms with Crippen LogP contribution in [0.25, 0.3) is 0 Å². The highest BCUT2D eigenvalue weighted by molar-refractivity contribution is 5.47. The molecule has 1 saturated heterocycles. The minimum absolute atomic E-state index is 0.444. The number of nitrogens with one attached hydrogen (secondary N) is 1. The van der Waals surface area contributed by atoms with E-state index in [1.54, 1.807) is 0 Å². The van der Waals surface area contributed by atoms with Crippen molar-refractivity contribution in [2.75, 3.05) is 11.9 Å². The third kappa shape index (κ3) is 2.69. The van der Waals surface area contributed by atoms with E-state index in [9.17, 15) is 0 Å². The van der Waals surface area contributed by atoms with Gasteiger partial charge in [0.2, 0.25) is 0 Å². The van der Waals surface area contributed by atoms with E-state index in [0.717, 1.165) is 18.1 Å². The standard InChI is InChI=1S/C18H20N2/c1-15(19-17-11-6-3-7-12-17)20-14-8-13-18(20)16-9-4-2-5-10-16/h2-7,9-12,18-19H,1,8,13-14H2. The van der Waals surface area contributed by atoms with Crippen LogP contribution >= 0.6 is 0 Å². The van der Waals surface area contributed by atoms with Gasteiger partial charge < -0.3 is 10.2 Å². The summed E-state index contributed by atoms with van der Waals surface area (Å²) in [4.78, 5) is 2.38. The third-order valence-corrected chi connectivity index (χ3v) is 3.85. The maximum atomic E-state index is 4.22. The number of para-hydroxylation sites is 1. The molecule has 1 aliphatic heterocycles. The first-order valence-corrected chi connectivity index (χ1v) is 7.17. The number of benzene rings is 2. The average molecular weight is 264 g/mol. The molecule has 2 aromatic rings. The second kappa shape index (κ2) is 5.83. The molecule has 0 bridgehead atoms. The SMILES string of the molecule is C=C(Nc1ccccc1)N1CCCC1c1ccccc1. The number of nitrogens with zero attached hydrogens (tertiary/aromatic N) is 1. The molecule has 0 spiro atoms. The van der Waals surface area contributed by atoms with Crippen LogP contribution in [0.2, 0.25) is 0 Å². The van der Waals surface area contributed by atoms with Crippen molar-refractivity contribution in [3.05, 3.63) is 78.6 Å². The Kier molecular flexibility index (Phi) is 3.73. The molecule has 0 aliphatic carbocycles. The molecular formula is C18H20N2. The normalized spacial score (nSPS) is 18.0. The molecule has 1 atom stereocenters. The summed E-state index contributed by atoms with van der Waals surface area (Å²) < 4.78 is 0. The highest BCUT2D eigenvalue weighted by Crippen LogP contribution is 2.34. The maximum Gasteiger partial charge on any atom is 0.0988 e. The summed E-state index contributed by atoms with van der Waals surface area (Å²) >= 11 is 0. The van der Waals surface area contributed by atoms with E-state index in [-0.39, 0.29) is 0 Å². The Morgan fingerprint density at radius 1 is 1.00 bits per heavy atom. The van der Waals surface area contributed by atoms with Crippen LogP contribution in [0, 0.1) is 0 Å². The molecule has 0 aromatic heterocycles. The molecule has 1 aliphatic rings. The van der Waals surface area contributed by atoms with Crippen LogP contribution in [0.15, 0.2) is 73.1 Å². The van der Waals surface area contributed by atoms with Crippen LogP contribution in [-0.4, -0.2) is 11.4 Å². The molecule has 1 N–H and O–H groups in total. The highest BCUT2D eigenvalue weighted by atomic mass is 15.3. The van der Waals surface area contributed by atoms with E-state index in [4.69, 9.17) is 0 Å². The fourth-order valence-corrected chi connectivity index (χ4v) is 2.87. The van der Waals surface area contributed by atoms with E-state index in [0.29, 0.717) is 6.04 Å². The average Bonchev–Trinajstić information content (AvgIpc) is 2.99. The zero-order chi connectivity index (χ0) is 13.8. The molecule has 3 rings (SSSR count). The fourth-order valence-electron chi connectivity index (χ4n) is 2.87. The highest BCUT2D eigenvalue weighted by Gasteiger charge is 2.26. The number of rotatable bonds is 4. The Bertz CT molecular complexity index is 562. The van der Waals surface area contributed by atoms with Crippen molar-refractivity contribution in [2.45, 2.75) is 18.9 Å². The predicted molar refractivity (Wildman–Crippen MR) is 84.3 cm³/mol. The zero-order valence-corrected chi connectivity index (χ0v) is 11.6. The monoisotopic (exact) mass is 264 g/mol. The molecule has 2 heteroatoms. The summed E-state index contributed by atoms with van der Waals surface area (Å²) in [5, 5.41) is 3.42. The van der Waals surface area contributed by atoms with Crippen molar-refractivity contribution in [1.29, 1.82) is 0 Å². The van der Waals surface area contributed by atoms with Gasteiger partial charge in [-0.2, -0.15) is 0 Å². The van der Waals surface area contributed by atoms with E-state index in [1.807, 2.05) is 18.2 Å². The quantitative estimate of drug-likeness (QED) is 0.880. The lowest BCUT2D eigenvalue weighted by molar-refractivity contribution is 0.332. The van der Waals surface area contributed by atoms with Gasteiger partial charge in [0.15, 0.2) is 0 Å². The van der Waals surface area contributed by atoms with Crippen LogP contribution in [-0.2, 0) is 0 Å². The van der Waals surface area contributed by atoms with Crippen LogP contribution in [0.4, 0.5) is 5.69 Å². The van der Waals surface area contributed by atoms with Crippen LogP contribution in [0.5, 0.6) is 0 Å². The molecule has 102 valence electrons. The Hall–Kier alpha value is -2.22. The molecule has 0 amide bonds. The van der Waals surface area contributed by atoms with Crippen molar-refractivity contribution in [1.82, 2.24) is 4.90 Å². The van der Waals surface area contributed by atoms with E-state index >= 15 is 0 Å². The maximum absolute atomic E-state index is 4.22. The van der Waals surface area contributed by atoms with Gasteiger partial charge in [-0.25, -0.2) is 0 Å². The molecule has 2 aromatic carbocycles. The molecule has 1 heterocycles. The Labute approximate surface area is 120 Å². The Morgan fingerprint density at radius 3 is 2.35 bits per heavy atom. The first-order chi connectivity index (χ1) is 9.84. The third-order valence-electron chi connectivity index (χ3n) is 3.85. The Balaban J connectivity index is 1.74. The van der Waals surface area contributed by atoms with E-state index in [2.05, 4.69) is 59.3 Å². The van der Waals surface area contributed by atoms with Crippen molar-refractivity contribution < 1.29 is 0 Å². The fraction of sp³-hybridized carbons (Fsp3) is 0.222. The van der Waals surface area contributed by atoms with Crippen LogP contribution in [0.3, 0.4) is 0 Å². The first-order valence-electron chi connectivity index (χ1n) is 7.17. The van der Waals surface area contributed by atoms with Crippen molar-refractivity contribution >= 4 is 5.69 Å². The molecule has 20 heavy (non-hydrogen) atoms. The van der Waals surface area contributed by atoms with E-state index in [1.165, 1.54) is 18.4 Å². The largest absolute Gasteiger partial charge is 0.352 e. The Morgan fingerprint density at radius 2 is 1.65 bits per heavy atom. The van der Waals surface area contributed by atoms with Gasteiger partial charge in [0.05, 0.1) is 11.9 Å². The molecule has 0 radical (unpaired) electrons. The van der Waals surface area contributed by atoms with Gasteiger partial charge in [0.25, 0.3) is 0 Å². The van der Waals surface area contributed by atoms with Gasteiger partial charge in [-0.15, -0.1) is 0 Å². The minimum Gasteiger partial charge on any atom is -0.352 e. The van der Waals surface area contributed by atoms with Gasteiger partial charge in [-0.3, -0.25) is 0 Å². The summed E-state index contributed by atoms with van der Waals surface area (Å²) in [6.07, 6.45) is 2.41. The van der Waals surface area contributed by atoms with Gasteiger partial charge in [-0.1, -0.05) is 55.1 Å². The van der Waals surface area contributed by atoms with Crippen molar-refractivity contribution in [3.63, 3.8) is 0 Å². The van der Waals surface area contributed by atoms with Crippen molar-refractivity contribution in [2.24, 2.45) is 0 Å². The lowest BCUT2D eigenvalue weighted by Crippen LogP contribution is -2.26. The molecular weight excluding hydrogens is 244 g/mol. The predicted octanol–water partition coefficient (Wildman–Crippen LogP) is 4.41. The molecule has 1 unspecified atom stereocenters. The smallest absolute Gasteiger partial charge is 0.0988 e. The minimum atomic E-state index is 0.444. The topological polar surface area (TPSA) is 15.3 Å². The summed E-state index contributed by atoms with van der Waals surface area (Å²) in [5.41, 5.74) is 2.47. The number of anilines is 1. The van der Waals surface area contributed by atoms with E-state index < -0.39 is 0 Å². The number of hydrogen-bond donors (Lipinski definition) is 1. The lowest BCUT2D eigenvalue weighted by atomic mass is 10.0. The summed E-state index contributed by atoms with van der Waals surface area (Å²) in [6, 6.07) is 21.4. The molecule has 1 fully saturated rings. The summed E-state index contributed by atoms with van der Waals surface area (Å²) in [6.45, 7) is 5.29. The van der Waals surface area contributed by atoms with Crippen LogP contribution < -0.4 is 5.32 Å². The number of hydrogen-bond acceptors (Lipinski definition) is 2. The van der Waals surface area contributed by atoms with Crippen LogP contribution in [0.1, 0.15) is 24.4 Å². The second-order valence-corrected chi connectivity index (χ2v) is 5.20. The summed E-state index contributed by atoms with van der Waals surface area (Å²) in [5.74, 6) is 0.988. The van der Waals surface area contributed by atoms with Gasteiger partial charge >= 0.3 is 0 Å². The van der Waals surface area contributed by atoms with Gasteiger partial charge in [-0.05, 0) is 30.5 Å². The number of likely N-dealkylation sites (tertiary alicyclic amines) is 1. The van der Waals surface area contributed by atoms with Crippen molar-refractivity contribution in [3.8, 4) is 0 Å². The zero-order valence-electron chi connectivity index (χ0n) is 11.6. The molecule has 0 saturated carbocycles. The second-order valence-electron chi connectivity index (χ2n) is 5.20. The summed E-state index contributed by atoms with van der Waals surface area (Å²) in [7, 11) is 0.